The number of hydrogen-bond donors (Lipinski definition) is 1. The Kier molecular flexibility index (Phi) is 2.36. The minimum Gasteiger partial charge on any atom is -0.478 e. The van der Waals surface area contributed by atoms with Crippen molar-refractivity contribution in [2.75, 3.05) is 0 Å². The maximum absolute atomic E-state index is 11.5. The summed E-state index contributed by atoms with van der Waals surface area (Å²) in [6.07, 6.45) is 0. The summed E-state index contributed by atoms with van der Waals surface area (Å²) in [5, 5.41) is 24.8. The first-order valence-corrected chi connectivity index (χ1v) is 6.66. The molecule has 5 heteroatoms. The lowest BCUT2D eigenvalue weighted by molar-refractivity contribution is -0.382. The first kappa shape index (κ1) is 12.5. The Labute approximate surface area is 123 Å². The minimum atomic E-state index is -1.04. The molecule has 0 aliphatic rings. The first-order valence-electron chi connectivity index (χ1n) is 6.66. The molecule has 5 nitrogen and oxygen atoms in total. The molecule has 0 unspecified atom stereocenters. The van der Waals surface area contributed by atoms with E-state index in [4.69, 9.17) is 0 Å². The molecule has 1 N–H and O–H groups in total. The van der Waals surface area contributed by atoms with Gasteiger partial charge in [-0.1, -0.05) is 30.3 Å². The van der Waals surface area contributed by atoms with Crippen LogP contribution in [0.5, 0.6) is 0 Å². The van der Waals surface area contributed by atoms with Crippen molar-refractivity contribution in [1.29, 1.82) is 0 Å². The molecule has 22 heavy (non-hydrogen) atoms. The highest BCUT2D eigenvalue weighted by Gasteiger charge is 2.21. The highest BCUT2D eigenvalue weighted by molar-refractivity contribution is 6.28. The molecule has 0 radical (unpaired) electrons. The van der Waals surface area contributed by atoms with Crippen LogP contribution in [0.4, 0.5) is 5.69 Å². The first-order chi connectivity index (χ1) is 10.6. The third-order valence-corrected chi connectivity index (χ3v) is 4.03. The normalized spacial score (nSPS) is 11.5. The molecule has 0 atom stereocenters. The molecule has 4 aromatic carbocycles. The fourth-order valence-corrected chi connectivity index (χ4v) is 3.16. The Morgan fingerprint density at radius 2 is 1.59 bits per heavy atom. The molecule has 0 aliphatic carbocycles. The van der Waals surface area contributed by atoms with E-state index in [1.54, 1.807) is 36.4 Å². The van der Waals surface area contributed by atoms with Crippen molar-refractivity contribution >= 4 is 44.0 Å². The molecule has 0 heterocycles. The Balaban J connectivity index is 2.40. The summed E-state index contributed by atoms with van der Waals surface area (Å²) >= 11 is 0. The summed E-state index contributed by atoms with van der Waals surface area (Å²) < 4.78 is 0. The van der Waals surface area contributed by atoms with Crippen molar-refractivity contribution in [3.8, 4) is 0 Å². The number of nitrogens with zero attached hydrogens (tertiary/aromatic N) is 1. The molecule has 0 fully saturated rings. The van der Waals surface area contributed by atoms with Gasteiger partial charge in [-0.25, -0.2) is 4.79 Å². The largest absolute Gasteiger partial charge is 0.478 e. The maximum Gasteiger partial charge on any atom is 0.336 e. The van der Waals surface area contributed by atoms with Crippen LogP contribution in [0.1, 0.15) is 10.4 Å². The lowest BCUT2D eigenvalue weighted by Gasteiger charge is -2.12. The Hall–Kier alpha value is -3.21. The van der Waals surface area contributed by atoms with Crippen LogP contribution in [0.25, 0.3) is 32.3 Å². The summed E-state index contributed by atoms with van der Waals surface area (Å²) in [5.74, 6) is -1.04. The maximum atomic E-state index is 11.5. The zero-order chi connectivity index (χ0) is 15.4. The number of nitro groups is 1. The fraction of sp³-hybridized carbons (Fsp3) is 0. The average Bonchev–Trinajstić information content (AvgIpc) is 2.51. The Morgan fingerprint density at radius 3 is 2.27 bits per heavy atom. The number of benzene rings is 4. The number of carboxylic acid groups (broad SMARTS) is 1. The third kappa shape index (κ3) is 1.50. The Bertz CT molecular complexity index is 1010. The summed E-state index contributed by atoms with van der Waals surface area (Å²) in [6.45, 7) is 0. The van der Waals surface area contributed by atoms with Crippen LogP contribution in [-0.4, -0.2) is 16.0 Å². The molecule has 0 bridgehead atoms. The van der Waals surface area contributed by atoms with Crippen LogP contribution < -0.4 is 0 Å². The number of aromatic carboxylic acids is 1. The number of carboxylic acids is 1. The molecule has 0 saturated heterocycles. The van der Waals surface area contributed by atoms with Crippen molar-refractivity contribution in [1.82, 2.24) is 0 Å². The SMILES string of the molecule is O=C(O)c1cc2cccc3cc([N+](=O)[O-])c4cccc1c4c23. The molecule has 0 aromatic heterocycles. The van der Waals surface area contributed by atoms with Crippen molar-refractivity contribution in [3.63, 3.8) is 0 Å². The second-order valence-electron chi connectivity index (χ2n) is 5.19. The third-order valence-electron chi connectivity index (χ3n) is 4.03. The van der Waals surface area contributed by atoms with Crippen LogP contribution in [-0.2, 0) is 0 Å². The van der Waals surface area contributed by atoms with Crippen LogP contribution in [0.3, 0.4) is 0 Å². The van der Waals surface area contributed by atoms with Crippen molar-refractivity contribution in [2.45, 2.75) is 0 Å². The highest BCUT2D eigenvalue weighted by Crippen LogP contribution is 2.40. The summed E-state index contributed by atoms with van der Waals surface area (Å²) in [5.41, 5.74) is 0.152. The second-order valence-corrected chi connectivity index (χ2v) is 5.19. The molecule has 106 valence electrons. The van der Waals surface area contributed by atoms with Crippen molar-refractivity contribution in [2.24, 2.45) is 0 Å². The average molecular weight is 291 g/mol. The fourth-order valence-electron chi connectivity index (χ4n) is 3.16. The van der Waals surface area contributed by atoms with Crippen molar-refractivity contribution < 1.29 is 14.8 Å². The molecular formula is C17H9NO4. The van der Waals surface area contributed by atoms with E-state index in [2.05, 4.69) is 0 Å². The van der Waals surface area contributed by atoms with Crippen LogP contribution in [0.2, 0.25) is 0 Å². The molecule has 0 saturated carbocycles. The molecule has 4 aromatic rings. The van der Waals surface area contributed by atoms with E-state index in [0.717, 1.165) is 16.2 Å². The van der Waals surface area contributed by atoms with E-state index in [1.165, 1.54) is 0 Å². The molecule has 0 amide bonds. The van der Waals surface area contributed by atoms with Crippen LogP contribution in [0, 0.1) is 10.1 Å². The van der Waals surface area contributed by atoms with E-state index >= 15 is 0 Å². The quantitative estimate of drug-likeness (QED) is 0.341. The van der Waals surface area contributed by atoms with Gasteiger partial charge in [0, 0.05) is 11.5 Å². The van der Waals surface area contributed by atoms with Crippen LogP contribution >= 0.6 is 0 Å². The Morgan fingerprint density at radius 1 is 0.955 bits per heavy atom. The van der Waals surface area contributed by atoms with E-state index < -0.39 is 10.9 Å². The van der Waals surface area contributed by atoms with Gasteiger partial charge in [0.1, 0.15) is 0 Å². The summed E-state index contributed by atoms with van der Waals surface area (Å²) in [6, 6.07) is 13.6. The van der Waals surface area contributed by atoms with Gasteiger partial charge >= 0.3 is 5.97 Å². The topological polar surface area (TPSA) is 80.4 Å². The summed E-state index contributed by atoms with van der Waals surface area (Å²) in [4.78, 5) is 22.5. The second kappa shape index (κ2) is 4.14. The van der Waals surface area contributed by atoms with Gasteiger partial charge in [-0.3, -0.25) is 10.1 Å². The van der Waals surface area contributed by atoms with E-state index in [9.17, 15) is 20.0 Å². The van der Waals surface area contributed by atoms with E-state index in [0.29, 0.717) is 16.2 Å². The highest BCUT2D eigenvalue weighted by atomic mass is 16.6. The van der Waals surface area contributed by atoms with Gasteiger partial charge in [0.05, 0.1) is 15.9 Å². The minimum absolute atomic E-state index is 0.00635. The van der Waals surface area contributed by atoms with Gasteiger partial charge in [-0.05, 0) is 33.7 Å². The standard InChI is InChI=1S/C17H9NO4/c19-17(20)13-7-9-3-1-4-10-8-14(18(21)22)12-6-2-5-11(13)16(12)15(9)10/h1-8H,(H,19,20). The number of rotatable bonds is 2. The number of nitro benzene ring substituents is 1. The molecular weight excluding hydrogens is 282 g/mol. The zero-order valence-electron chi connectivity index (χ0n) is 11.2. The smallest absolute Gasteiger partial charge is 0.336 e. The van der Waals surface area contributed by atoms with E-state index in [-0.39, 0.29) is 11.3 Å². The molecule has 0 spiro atoms. The van der Waals surface area contributed by atoms with Crippen molar-refractivity contribution in [3.05, 3.63) is 64.2 Å². The zero-order valence-corrected chi connectivity index (χ0v) is 11.2. The van der Waals surface area contributed by atoms with Gasteiger partial charge in [0.15, 0.2) is 0 Å². The van der Waals surface area contributed by atoms with Gasteiger partial charge in [0.25, 0.3) is 5.69 Å². The van der Waals surface area contributed by atoms with E-state index in [1.807, 2.05) is 12.1 Å². The van der Waals surface area contributed by atoms with Crippen LogP contribution in [0.15, 0.2) is 48.5 Å². The summed E-state index contributed by atoms with van der Waals surface area (Å²) in [7, 11) is 0. The molecule has 0 aliphatic heterocycles. The predicted molar refractivity (Wildman–Crippen MR) is 83.8 cm³/mol. The van der Waals surface area contributed by atoms with Gasteiger partial charge in [-0.2, -0.15) is 0 Å². The lowest BCUT2D eigenvalue weighted by Crippen LogP contribution is -2.00. The lowest BCUT2D eigenvalue weighted by atomic mass is 9.90. The number of hydrogen-bond acceptors (Lipinski definition) is 3. The van der Waals surface area contributed by atoms with Gasteiger partial charge in [0.2, 0.25) is 0 Å². The predicted octanol–water partition coefficient (Wildman–Crippen LogP) is 4.19. The van der Waals surface area contributed by atoms with Gasteiger partial charge < -0.3 is 5.11 Å². The molecule has 4 rings (SSSR count). The number of non-ortho nitro benzene ring substituents is 1. The van der Waals surface area contributed by atoms with Gasteiger partial charge in [-0.15, -0.1) is 0 Å². The monoisotopic (exact) mass is 291 g/mol. The number of carbonyl (C=O) groups is 1.